The summed E-state index contributed by atoms with van der Waals surface area (Å²) in [5.41, 5.74) is 3.87. The molecule has 1 saturated heterocycles. The van der Waals surface area contributed by atoms with Gasteiger partial charge in [-0.15, -0.1) is 0 Å². The number of anilines is 1. The Balaban J connectivity index is 1.38. The van der Waals surface area contributed by atoms with Crippen molar-refractivity contribution in [2.75, 3.05) is 31.1 Å². The number of fused-ring (bicyclic) bond motifs is 1. The van der Waals surface area contributed by atoms with E-state index in [1.165, 1.54) is 0 Å². The molecule has 2 aromatic carbocycles. The Morgan fingerprint density at radius 1 is 0.909 bits per heavy atom. The maximum absolute atomic E-state index is 13.5. The van der Waals surface area contributed by atoms with E-state index < -0.39 is 0 Å². The van der Waals surface area contributed by atoms with E-state index in [1.807, 2.05) is 31.2 Å². The van der Waals surface area contributed by atoms with Crippen LogP contribution in [-0.4, -0.2) is 52.1 Å². The number of aromatic nitrogens is 3. The summed E-state index contributed by atoms with van der Waals surface area (Å²) in [5.74, 6) is 1.14. The maximum atomic E-state index is 13.5. The van der Waals surface area contributed by atoms with E-state index >= 15 is 0 Å². The first kappa shape index (κ1) is 21.7. The number of benzene rings is 2. The Bertz CT molecular complexity index is 1340. The highest BCUT2D eigenvalue weighted by atomic mass is 35.5. The molecule has 0 bridgehead atoms. The lowest BCUT2D eigenvalue weighted by molar-refractivity contribution is 0.0745. The number of hydrogen-bond acceptors (Lipinski definition) is 6. The van der Waals surface area contributed by atoms with Gasteiger partial charge in [0, 0.05) is 31.7 Å². The second kappa shape index (κ2) is 8.65. The standard InChI is InChI=1S/C24H21Cl2N5O2/c1-14-23(28-19-9-4-3-8-18(19)27-14)30-10-12-31(13-11-30)24(32)20-15(2)33-29-22(20)21-16(25)6-5-7-17(21)26/h3-9H,10-13H2,1-2H3. The van der Waals surface area contributed by atoms with Crippen LogP contribution in [0.3, 0.4) is 0 Å². The number of carbonyl (C=O) groups is 1. The molecule has 33 heavy (non-hydrogen) atoms. The number of aryl methyl sites for hydroxylation is 2. The fourth-order valence-electron chi connectivity index (χ4n) is 4.18. The first-order chi connectivity index (χ1) is 15.9. The maximum Gasteiger partial charge on any atom is 0.259 e. The fourth-order valence-corrected chi connectivity index (χ4v) is 4.75. The molecule has 5 rings (SSSR count). The average molecular weight is 482 g/mol. The van der Waals surface area contributed by atoms with Crippen molar-refractivity contribution in [3.8, 4) is 11.3 Å². The molecule has 1 aliphatic rings. The summed E-state index contributed by atoms with van der Waals surface area (Å²) in [4.78, 5) is 26.9. The van der Waals surface area contributed by atoms with Gasteiger partial charge in [0.05, 0.1) is 26.8 Å². The van der Waals surface area contributed by atoms with E-state index in [0.29, 0.717) is 58.8 Å². The zero-order chi connectivity index (χ0) is 23.1. The SMILES string of the molecule is Cc1nc2ccccc2nc1N1CCN(C(=O)c2c(-c3c(Cl)cccc3Cl)noc2C)CC1. The van der Waals surface area contributed by atoms with E-state index in [4.69, 9.17) is 32.7 Å². The van der Waals surface area contributed by atoms with E-state index in [2.05, 4.69) is 15.0 Å². The van der Waals surface area contributed by atoms with Crippen LogP contribution < -0.4 is 4.90 Å². The van der Waals surface area contributed by atoms with Gasteiger partial charge in [-0.3, -0.25) is 4.79 Å². The fraction of sp³-hybridized carbons (Fsp3) is 0.250. The molecule has 7 nitrogen and oxygen atoms in total. The molecule has 4 aromatic rings. The molecule has 1 amide bonds. The lowest BCUT2D eigenvalue weighted by atomic mass is 10.0. The number of halogens is 2. The molecule has 0 radical (unpaired) electrons. The predicted octanol–water partition coefficient (Wildman–Crippen LogP) is 5.17. The van der Waals surface area contributed by atoms with Crippen molar-refractivity contribution < 1.29 is 9.32 Å². The van der Waals surface area contributed by atoms with Crippen molar-refractivity contribution in [2.24, 2.45) is 0 Å². The van der Waals surface area contributed by atoms with Gasteiger partial charge in [0.2, 0.25) is 0 Å². The van der Waals surface area contributed by atoms with Crippen LogP contribution in [-0.2, 0) is 0 Å². The number of nitrogens with zero attached hydrogens (tertiary/aromatic N) is 5. The van der Waals surface area contributed by atoms with Crippen LogP contribution in [0.15, 0.2) is 47.0 Å². The zero-order valence-corrected chi connectivity index (χ0v) is 19.7. The van der Waals surface area contributed by atoms with E-state index in [1.54, 1.807) is 30.0 Å². The number of hydrogen-bond donors (Lipinski definition) is 0. The van der Waals surface area contributed by atoms with Crippen molar-refractivity contribution in [1.82, 2.24) is 20.0 Å². The summed E-state index contributed by atoms with van der Waals surface area (Å²) in [5, 5.41) is 4.94. The molecule has 1 fully saturated rings. The van der Waals surface area contributed by atoms with Crippen molar-refractivity contribution in [1.29, 1.82) is 0 Å². The Morgan fingerprint density at radius 3 is 2.21 bits per heavy atom. The van der Waals surface area contributed by atoms with Crippen molar-refractivity contribution in [3.05, 3.63) is 69.5 Å². The Labute approximate surface area is 200 Å². The number of piperazine rings is 1. The third kappa shape index (κ3) is 3.92. The summed E-state index contributed by atoms with van der Waals surface area (Å²) in [6.45, 7) is 6.05. The first-order valence-electron chi connectivity index (χ1n) is 10.6. The number of rotatable bonds is 3. The summed E-state index contributed by atoms with van der Waals surface area (Å²) >= 11 is 12.7. The summed E-state index contributed by atoms with van der Waals surface area (Å²) in [6, 6.07) is 13.0. The highest BCUT2D eigenvalue weighted by Gasteiger charge is 2.30. The number of para-hydroxylation sites is 2. The van der Waals surface area contributed by atoms with Gasteiger partial charge in [0.1, 0.15) is 17.0 Å². The van der Waals surface area contributed by atoms with Gasteiger partial charge in [-0.05, 0) is 38.1 Å². The molecular weight excluding hydrogens is 461 g/mol. The van der Waals surface area contributed by atoms with Gasteiger partial charge < -0.3 is 14.3 Å². The lowest BCUT2D eigenvalue weighted by Gasteiger charge is -2.36. The molecule has 0 atom stereocenters. The Morgan fingerprint density at radius 2 is 1.55 bits per heavy atom. The van der Waals surface area contributed by atoms with Crippen LogP contribution in [0, 0.1) is 13.8 Å². The van der Waals surface area contributed by atoms with Gasteiger partial charge in [-0.2, -0.15) is 0 Å². The molecule has 0 unspecified atom stereocenters. The molecule has 2 aromatic heterocycles. The minimum absolute atomic E-state index is 0.152. The van der Waals surface area contributed by atoms with Gasteiger partial charge in [-0.25, -0.2) is 9.97 Å². The minimum Gasteiger partial charge on any atom is -0.360 e. The minimum atomic E-state index is -0.152. The molecule has 0 N–H and O–H groups in total. The van der Waals surface area contributed by atoms with Crippen LogP contribution in [0.4, 0.5) is 5.82 Å². The van der Waals surface area contributed by atoms with Gasteiger partial charge in [0.15, 0.2) is 5.82 Å². The van der Waals surface area contributed by atoms with Gasteiger partial charge in [0.25, 0.3) is 5.91 Å². The predicted molar refractivity (Wildman–Crippen MR) is 129 cm³/mol. The Hall–Kier alpha value is -3.16. The molecule has 3 heterocycles. The third-order valence-corrected chi connectivity index (χ3v) is 6.49. The first-order valence-corrected chi connectivity index (χ1v) is 11.4. The van der Waals surface area contributed by atoms with Crippen molar-refractivity contribution >= 4 is 46.0 Å². The highest BCUT2D eigenvalue weighted by Crippen LogP contribution is 2.37. The topological polar surface area (TPSA) is 75.4 Å². The number of amides is 1. The third-order valence-electron chi connectivity index (χ3n) is 5.86. The summed E-state index contributed by atoms with van der Waals surface area (Å²) in [7, 11) is 0. The second-order valence-corrected chi connectivity index (χ2v) is 8.77. The quantitative estimate of drug-likeness (QED) is 0.401. The highest BCUT2D eigenvalue weighted by molar-refractivity contribution is 6.39. The van der Waals surface area contributed by atoms with Crippen LogP contribution in [0.2, 0.25) is 10.0 Å². The molecule has 0 aliphatic carbocycles. The number of carbonyl (C=O) groups excluding carboxylic acids is 1. The van der Waals surface area contributed by atoms with Crippen molar-refractivity contribution in [3.63, 3.8) is 0 Å². The summed E-state index contributed by atoms with van der Waals surface area (Å²) in [6.07, 6.45) is 0. The monoisotopic (exact) mass is 481 g/mol. The van der Waals surface area contributed by atoms with Gasteiger partial charge >= 0.3 is 0 Å². The van der Waals surface area contributed by atoms with Crippen LogP contribution in [0.1, 0.15) is 21.8 Å². The van der Waals surface area contributed by atoms with Crippen molar-refractivity contribution in [2.45, 2.75) is 13.8 Å². The molecular formula is C24H21Cl2N5O2. The van der Waals surface area contributed by atoms with Gasteiger partial charge in [-0.1, -0.05) is 46.6 Å². The van der Waals surface area contributed by atoms with E-state index in [0.717, 1.165) is 22.5 Å². The average Bonchev–Trinajstić information content (AvgIpc) is 3.19. The smallest absolute Gasteiger partial charge is 0.259 e. The second-order valence-electron chi connectivity index (χ2n) is 7.96. The molecule has 1 aliphatic heterocycles. The molecule has 0 spiro atoms. The van der Waals surface area contributed by atoms with Crippen LogP contribution in [0.25, 0.3) is 22.3 Å². The summed E-state index contributed by atoms with van der Waals surface area (Å²) < 4.78 is 5.38. The van der Waals surface area contributed by atoms with Crippen LogP contribution in [0.5, 0.6) is 0 Å². The van der Waals surface area contributed by atoms with E-state index in [-0.39, 0.29) is 5.91 Å². The van der Waals surface area contributed by atoms with Crippen LogP contribution >= 0.6 is 23.2 Å². The molecule has 9 heteroatoms. The normalized spacial score (nSPS) is 14.2. The van der Waals surface area contributed by atoms with E-state index in [9.17, 15) is 4.79 Å². The zero-order valence-electron chi connectivity index (χ0n) is 18.2. The molecule has 0 saturated carbocycles. The largest absolute Gasteiger partial charge is 0.360 e. The lowest BCUT2D eigenvalue weighted by Crippen LogP contribution is -2.49. The molecule has 168 valence electrons. The Kier molecular flexibility index (Phi) is 5.68.